The minimum Gasteiger partial charge on any atom is -0.0761 e. The molecule has 0 saturated carbocycles. The first-order valence-electron chi connectivity index (χ1n) is 3.40. The summed E-state index contributed by atoms with van der Waals surface area (Å²) in [7, 11) is 0. The van der Waals surface area contributed by atoms with E-state index in [1.165, 1.54) is 11.1 Å². The number of hydrogen-bond donors (Lipinski definition) is 0. The van der Waals surface area contributed by atoms with E-state index >= 15 is 0 Å². The highest BCUT2D eigenvalue weighted by atomic mass is 14.3. The molecule has 1 aliphatic rings. The second-order valence-corrected chi connectivity index (χ2v) is 3.54. The van der Waals surface area contributed by atoms with E-state index in [1.54, 1.807) is 0 Å². The monoisotopic (exact) mass is 122 g/mol. The van der Waals surface area contributed by atoms with Crippen LogP contribution in [-0.4, -0.2) is 0 Å². The molecule has 0 spiro atoms. The average Bonchev–Trinajstić information content (AvgIpc) is 2.10. The van der Waals surface area contributed by atoms with Gasteiger partial charge in [0.1, 0.15) is 0 Å². The minimum atomic E-state index is 0.414. The molecule has 0 aromatic heterocycles. The summed E-state index contributed by atoms with van der Waals surface area (Å²) in [4.78, 5) is 0. The first-order chi connectivity index (χ1) is 4.02. The Morgan fingerprint density at radius 3 is 2.00 bits per heavy atom. The molecule has 0 aromatic carbocycles. The second-order valence-electron chi connectivity index (χ2n) is 3.54. The van der Waals surface area contributed by atoms with Crippen molar-refractivity contribution in [1.29, 1.82) is 0 Å². The molecule has 0 N–H and O–H groups in total. The van der Waals surface area contributed by atoms with Gasteiger partial charge in [-0.1, -0.05) is 31.6 Å². The topological polar surface area (TPSA) is 0 Å². The van der Waals surface area contributed by atoms with Gasteiger partial charge in [0.2, 0.25) is 0 Å². The Bertz CT molecular complexity index is 176. The summed E-state index contributed by atoms with van der Waals surface area (Å²) in [6, 6.07) is 0. The van der Waals surface area contributed by atoms with Gasteiger partial charge in [0.25, 0.3) is 0 Å². The summed E-state index contributed by atoms with van der Waals surface area (Å²) in [5.74, 6) is 0. The van der Waals surface area contributed by atoms with Crippen molar-refractivity contribution >= 4 is 0 Å². The third kappa shape index (κ3) is 1.44. The molecule has 0 nitrogen and oxygen atoms in total. The molecule has 1 rings (SSSR count). The van der Waals surface area contributed by atoms with Gasteiger partial charge >= 0.3 is 0 Å². The predicted octanol–water partition coefficient (Wildman–Crippen LogP) is 2.92. The Kier molecular flexibility index (Phi) is 1.27. The van der Waals surface area contributed by atoms with Crippen molar-refractivity contribution in [3.8, 4) is 0 Å². The van der Waals surface area contributed by atoms with Gasteiger partial charge in [0.05, 0.1) is 0 Å². The van der Waals surface area contributed by atoms with Gasteiger partial charge < -0.3 is 0 Å². The van der Waals surface area contributed by atoms with E-state index < -0.39 is 0 Å². The fourth-order valence-corrected chi connectivity index (χ4v) is 0.891. The highest BCUT2D eigenvalue weighted by Gasteiger charge is 2.31. The smallest absolute Gasteiger partial charge is 0.00785 e. The lowest BCUT2D eigenvalue weighted by molar-refractivity contribution is 0.711. The van der Waals surface area contributed by atoms with Gasteiger partial charge in [-0.2, -0.15) is 0 Å². The maximum absolute atomic E-state index is 2.29. The van der Waals surface area contributed by atoms with Crippen LogP contribution in [-0.2, 0) is 0 Å². The molecule has 0 atom stereocenters. The summed E-state index contributed by atoms with van der Waals surface area (Å²) in [6.45, 7) is 8.74. The first kappa shape index (κ1) is 6.60. The molecular weight excluding hydrogens is 108 g/mol. The molecular formula is C9H14. The Morgan fingerprint density at radius 1 is 1.44 bits per heavy atom. The lowest BCUT2D eigenvalue weighted by Gasteiger charge is -1.98. The molecule has 0 fully saturated rings. The van der Waals surface area contributed by atoms with E-state index in [-0.39, 0.29) is 0 Å². The van der Waals surface area contributed by atoms with Crippen molar-refractivity contribution < 1.29 is 0 Å². The summed E-state index contributed by atoms with van der Waals surface area (Å²) in [5.41, 5.74) is 3.30. The maximum Gasteiger partial charge on any atom is 0.00785 e. The van der Waals surface area contributed by atoms with Crippen LogP contribution in [0.5, 0.6) is 0 Å². The van der Waals surface area contributed by atoms with Crippen molar-refractivity contribution in [1.82, 2.24) is 0 Å². The maximum atomic E-state index is 2.29. The molecule has 50 valence electrons. The summed E-state index contributed by atoms with van der Waals surface area (Å²) in [6.07, 6.45) is 4.54. The van der Waals surface area contributed by atoms with E-state index in [0.717, 1.165) is 0 Å². The summed E-state index contributed by atoms with van der Waals surface area (Å²) >= 11 is 0. The summed E-state index contributed by atoms with van der Waals surface area (Å²) in [5, 5.41) is 0. The number of allylic oxidation sites excluding steroid dienone is 4. The van der Waals surface area contributed by atoms with E-state index in [2.05, 4.69) is 39.8 Å². The van der Waals surface area contributed by atoms with Crippen molar-refractivity contribution in [3.05, 3.63) is 23.3 Å². The van der Waals surface area contributed by atoms with Crippen LogP contribution in [0.1, 0.15) is 27.7 Å². The lowest BCUT2D eigenvalue weighted by atomic mass is 10.1. The van der Waals surface area contributed by atoms with Gasteiger partial charge in [-0.05, 0) is 19.4 Å². The molecule has 0 bridgehead atoms. The molecule has 0 heterocycles. The molecule has 0 aromatic rings. The average molecular weight is 122 g/mol. The van der Waals surface area contributed by atoms with Crippen molar-refractivity contribution in [3.63, 3.8) is 0 Å². The molecule has 0 saturated heterocycles. The third-order valence-electron chi connectivity index (χ3n) is 1.62. The quantitative estimate of drug-likeness (QED) is 0.501. The normalized spacial score (nSPS) is 20.7. The van der Waals surface area contributed by atoms with Crippen LogP contribution < -0.4 is 0 Å². The Labute approximate surface area is 57.3 Å². The van der Waals surface area contributed by atoms with Gasteiger partial charge in [0, 0.05) is 5.41 Å². The molecule has 0 heteroatoms. The second kappa shape index (κ2) is 1.73. The van der Waals surface area contributed by atoms with Crippen LogP contribution in [0.25, 0.3) is 0 Å². The van der Waals surface area contributed by atoms with Gasteiger partial charge in [-0.15, -0.1) is 0 Å². The van der Waals surface area contributed by atoms with E-state index in [0.29, 0.717) is 5.41 Å². The first-order valence-corrected chi connectivity index (χ1v) is 3.40. The molecule has 1 aliphatic carbocycles. The Morgan fingerprint density at radius 2 is 1.89 bits per heavy atom. The predicted molar refractivity (Wildman–Crippen MR) is 41.3 cm³/mol. The Balaban J connectivity index is 2.54. The largest absolute Gasteiger partial charge is 0.0761 e. The van der Waals surface area contributed by atoms with Crippen LogP contribution in [0.2, 0.25) is 0 Å². The zero-order chi connectivity index (χ0) is 7.07. The molecule has 0 unspecified atom stereocenters. The Hall–Kier alpha value is -0.520. The van der Waals surface area contributed by atoms with Crippen molar-refractivity contribution in [2.75, 3.05) is 0 Å². The third-order valence-corrected chi connectivity index (χ3v) is 1.62. The van der Waals surface area contributed by atoms with E-state index in [9.17, 15) is 0 Å². The van der Waals surface area contributed by atoms with Crippen LogP contribution in [0.4, 0.5) is 0 Å². The van der Waals surface area contributed by atoms with Crippen LogP contribution in [0.3, 0.4) is 0 Å². The molecule has 0 amide bonds. The summed E-state index contributed by atoms with van der Waals surface area (Å²) < 4.78 is 0. The minimum absolute atomic E-state index is 0.414. The van der Waals surface area contributed by atoms with Gasteiger partial charge in [-0.25, -0.2) is 0 Å². The van der Waals surface area contributed by atoms with E-state index in [1.807, 2.05) is 0 Å². The number of hydrogen-bond acceptors (Lipinski definition) is 0. The van der Waals surface area contributed by atoms with Crippen LogP contribution >= 0.6 is 0 Å². The zero-order valence-electron chi connectivity index (χ0n) is 6.65. The van der Waals surface area contributed by atoms with Crippen molar-refractivity contribution in [2.24, 2.45) is 5.41 Å². The van der Waals surface area contributed by atoms with Gasteiger partial charge in [0.15, 0.2) is 0 Å². The van der Waals surface area contributed by atoms with Crippen LogP contribution in [0, 0.1) is 5.41 Å². The fourth-order valence-electron chi connectivity index (χ4n) is 0.891. The van der Waals surface area contributed by atoms with Crippen LogP contribution in [0.15, 0.2) is 23.3 Å². The molecule has 0 aliphatic heterocycles. The highest BCUT2D eigenvalue weighted by molar-refractivity contribution is 5.45. The van der Waals surface area contributed by atoms with E-state index in [4.69, 9.17) is 0 Å². The number of rotatable bonds is 1. The standard InChI is InChI=1S/C9H14/c1-7(2)5-8-6-9(8,3)4/h5-6H,1-4H3. The molecule has 0 radical (unpaired) electrons. The highest BCUT2D eigenvalue weighted by Crippen LogP contribution is 2.43. The lowest BCUT2D eigenvalue weighted by Crippen LogP contribution is -1.87. The van der Waals surface area contributed by atoms with Crippen molar-refractivity contribution in [2.45, 2.75) is 27.7 Å². The zero-order valence-corrected chi connectivity index (χ0v) is 6.65. The fraction of sp³-hybridized carbons (Fsp3) is 0.556. The molecule has 9 heavy (non-hydrogen) atoms. The van der Waals surface area contributed by atoms with Gasteiger partial charge in [-0.3, -0.25) is 0 Å². The SMILES string of the molecule is CC(C)=CC1=CC1(C)C.